The Morgan fingerprint density at radius 3 is 2.81 bits per heavy atom. The fourth-order valence-electron chi connectivity index (χ4n) is 2.07. The number of ether oxygens (including phenoxy) is 2. The molecule has 0 aromatic carbocycles. The molecule has 1 N–H and O–H groups in total. The van der Waals surface area contributed by atoms with Gasteiger partial charge < -0.3 is 14.6 Å². The van der Waals surface area contributed by atoms with Gasteiger partial charge in [-0.2, -0.15) is 0 Å². The zero-order valence-corrected chi connectivity index (χ0v) is 10.2. The first-order chi connectivity index (χ1) is 7.57. The van der Waals surface area contributed by atoms with Crippen LogP contribution in [0, 0.1) is 5.92 Å². The van der Waals surface area contributed by atoms with E-state index in [1.807, 2.05) is 4.90 Å². The third-order valence-electron chi connectivity index (χ3n) is 2.99. The molecule has 2 atom stereocenters. The first-order valence-corrected chi connectivity index (χ1v) is 5.63. The topological polar surface area (TPSA) is 59.0 Å². The number of carbonyl (C=O) groups is 1. The molecule has 1 heterocycles. The van der Waals surface area contributed by atoms with Crippen molar-refractivity contribution in [3.63, 3.8) is 0 Å². The van der Waals surface area contributed by atoms with Crippen LogP contribution >= 0.6 is 0 Å². The van der Waals surface area contributed by atoms with Crippen molar-refractivity contribution in [2.24, 2.45) is 5.92 Å². The summed E-state index contributed by atoms with van der Waals surface area (Å²) in [6, 6.07) is -0.411. The second kappa shape index (κ2) is 6.18. The average molecular weight is 231 g/mol. The van der Waals surface area contributed by atoms with Crippen molar-refractivity contribution in [1.82, 2.24) is 4.90 Å². The first kappa shape index (κ1) is 13.4. The molecule has 5 heteroatoms. The number of rotatable bonds is 5. The van der Waals surface area contributed by atoms with Gasteiger partial charge in [-0.3, -0.25) is 9.69 Å². The SMILES string of the molecule is COCC(C(C)C)N1CCOCC1C(=O)O. The maximum absolute atomic E-state index is 11.1. The summed E-state index contributed by atoms with van der Waals surface area (Å²) < 4.78 is 10.4. The van der Waals surface area contributed by atoms with E-state index in [2.05, 4.69) is 13.8 Å². The molecule has 0 spiro atoms. The van der Waals surface area contributed by atoms with Gasteiger partial charge in [-0.15, -0.1) is 0 Å². The van der Waals surface area contributed by atoms with Gasteiger partial charge in [0.25, 0.3) is 0 Å². The number of hydrogen-bond acceptors (Lipinski definition) is 4. The second-order valence-electron chi connectivity index (χ2n) is 4.43. The third-order valence-corrected chi connectivity index (χ3v) is 2.99. The molecule has 0 aromatic heterocycles. The van der Waals surface area contributed by atoms with Crippen molar-refractivity contribution in [1.29, 1.82) is 0 Å². The van der Waals surface area contributed by atoms with Gasteiger partial charge in [-0.1, -0.05) is 13.8 Å². The highest BCUT2D eigenvalue weighted by atomic mass is 16.5. The summed E-state index contributed by atoms with van der Waals surface area (Å²) in [7, 11) is 1.64. The van der Waals surface area contributed by atoms with Gasteiger partial charge in [0.2, 0.25) is 0 Å². The molecular formula is C11H21NO4. The minimum absolute atomic E-state index is 0.134. The lowest BCUT2D eigenvalue weighted by atomic mass is 10.0. The maximum atomic E-state index is 11.1. The summed E-state index contributed by atoms with van der Waals surface area (Å²) in [6.45, 7) is 6.24. The van der Waals surface area contributed by atoms with Crippen LogP contribution in [0.2, 0.25) is 0 Å². The second-order valence-corrected chi connectivity index (χ2v) is 4.43. The number of carboxylic acid groups (broad SMARTS) is 1. The van der Waals surface area contributed by atoms with Gasteiger partial charge >= 0.3 is 5.97 Å². The predicted octanol–water partition coefficient (Wildman–Crippen LogP) is 0.443. The van der Waals surface area contributed by atoms with E-state index in [4.69, 9.17) is 14.6 Å². The molecule has 0 amide bonds. The number of nitrogens with zero attached hydrogens (tertiary/aromatic N) is 1. The van der Waals surface area contributed by atoms with Gasteiger partial charge in [0.05, 0.1) is 19.8 Å². The highest BCUT2D eigenvalue weighted by Crippen LogP contribution is 2.18. The van der Waals surface area contributed by atoms with Crippen molar-refractivity contribution in [2.45, 2.75) is 25.9 Å². The number of methoxy groups -OCH3 is 1. The van der Waals surface area contributed by atoms with E-state index in [1.165, 1.54) is 0 Å². The van der Waals surface area contributed by atoms with E-state index in [9.17, 15) is 4.79 Å². The van der Waals surface area contributed by atoms with Crippen molar-refractivity contribution in [2.75, 3.05) is 33.5 Å². The van der Waals surface area contributed by atoms with E-state index in [1.54, 1.807) is 7.11 Å². The monoisotopic (exact) mass is 231 g/mol. The van der Waals surface area contributed by atoms with Gasteiger partial charge in [0.1, 0.15) is 6.04 Å². The van der Waals surface area contributed by atoms with Crippen LogP contribution in [0.4, 0.5) is 0 Å². The first-order valence-electron chi connectivity index (χ1n) is 5.63. The lowest BCUT2D eigenvalue weighted by Crippen LogP contribution is -2.57. The quantitative estimate of drug-likeness (QED) is 0.744. The van der Waals surface area contributed by atoms with Gasteiger partial charge in [-0.05, 0) is 5.92 Å². The molecule has 5 nitrogen and oxygen atoms in total. The Morgan fingerprint density at radius 2 is 2.31 bits per heavy atom. The Balaban J connectivity index is 2.74. The molecule has 16 heavy (non-hydrogen) atoms. The normalized spacial score (nSPS) is 24.6. The molecule has 0 bridgehead atoms. The van der Waals surface area contributed by atoms with Crippen LogP contribution in [-0.2, 0) is 14.3 Å². The van der Waals surface area contributed by atoms with Gasteiger partial charge in [-0.25, -0.2) is 0 Å². The van der Waals surface area contributed by atoms with Crippen molar-refractivity contribution in [3.05, 3.63) is 0 Å². The summed E-state index contributed by atoms with van der Waals surface area (Å²) in [6.07, 6.45) is 0. The van der Waals surface area contributed by atoms with Crippen LogP contribution in [0.1, 0.15) is 13.8 Å². The minimum atomic E-state index is -0.818. The Bertz CT molecular complexity index is 232. The molecule has 0 saturated carbocycles. The molecule has 1 saturated heterocycles. The molecule has 1 fully saturated rings. The Hall–Kier alpha value is -0.650. The fraction of sp³-hybridized carbons (Fsp3) is 0.909. The summed E-state index contributed by atoms with van der Waals surface area (Å²) in [5, 5.41) is 9.15. The minimum Gasteiger partial charge on any atom is -0.480 e. The molecule has 1 aliphatic rings. The Labute approximate surface area is 96.3 Å². The van der Waals surface area contributed by atoms with E-state index in [0.29, 0.717) is 25.7 Å². The highest BCUT2D eigenvalue weighted by molar-refractivity contribution is 5.73. The average Bonchev–Trinajstić information content (AvgIpc) is 2.25. The lowest BCUT2D eigenvalue weighted by molar-refractivity contribution is -0.153. The Kier molecular flexibility index (Phi) is 5.18. The molecule has 0 aliphatic carbocycles. The number of hydrogen-bond donors (Lipinski definition) is 1. The predicted molar refractivity (Wildman–Crippen MR) is 59.5 cm³/mol. The molecular weight excluding hydrogens is 210 g/mol. The lowest BCUT2D eigenvalue weighted by Gasteiger charge is -2.40. The molecule has 1 aliphatic heterocycles. The summed E-state index contributed by atoms with van der Waals surface area (Å²) in [4.78, 5) is 13.1. The van der Waals surface area contributed by atoms with E-state index < -0.39 is 12.0 Å². The van der Waals surface area contributed by atoms with Crippen LogP contribution in [0.25, 0.3) is 0 Å². The highest BCUT2D eigenvalue weighted by Gasteiger charge is 2.35. The number of morpholine rings is 1. The number of aliphatic carboxylic acids is 1. The van der Waals surface area contributed by atoms with E-state index in [-0.39, 0.29) is 12.6 Å². The zero-order chi connectivity index (χ0) is 12.1. The summed E-state index contributed by atoms with van der Waals surface area (Å²) in [5.74, 6) is -0.457. The van der Waals surface area contributed by atoms with Crippen molar-refractivity contribution < 1.29 is 19.4 Å². The number of carboxylic acids is 1. The van der Waals surface area contributed by atoms with Gasteiger partial charge in [0.15, 0.2) is 0 Å². The van der Waals surface area contributed by atoms with E-state index in [0.717, 1.165) is 0 Å². The fourth-order valence-corrected chi connectivity index (χ4v) is 2.07. The standard InChI is InChI=1S/C11H21NO4/c1-8(2)9(6-15-3)12-4-5-16-7-10(12)11(13)14/h8-10H,4-7H2,1-3H3,(H,13,14). The zero-order valence-electron chi connectivity index (χ0n) is 10.2. The molecule has 94 valence electrons. The van der Waals surface area contributed by atoms with Crippen LogP contribution in [0.15, 0.2) is 0 Å². The van der Waals surface area contributed by atoms with Crippen LogP contribution in [0.5, 0.6) is 0 Å². The van der Waals surface area contributed by atoms with Crippen molar-refractivity contribution in [3.8, 4) is 0 Å². The summed E-state index contributed by atoms with van der Waals surface area (Å²) >= 11 is 0. The van der Waals surface area contributed by atoms with Crippen LogP contribution in [0.3, 0.4) is 0 Å². The smallest absolute Gasteiger partial charge is 0.323 e. The van der Waals surface area contributed by atoms with E-state index >= 15 is 0 Å². The maximum Gasteiger partial charge on any atom is 0.323 e. The Morgan fingerprint density at radius 1 is 1.62 bits per heavy atom. The van der Waals surface area contributed by atoms with Crippen LogP contribution in [-0.4, -0.2) is 61.5 Å². The molecule has 2 unspecified atom stereocenters. The molecule has 1 rings (SSSR count). The van der Waals surface area contributed by atoms with Gasteiger partial charge in [0, 0.05) is 19.7 Å². The summed E-state index contributed by atoms with van der Waals surface area (Å²) in [5.41, 5.74) is 0. The van der Waals surface area contributed by atoms with Crippen molar-refractivity contribution >= 4 is 5.97 Å². The molecule has 0 radical (unpaired) electrons. The van der Waals surface area contributed by atoms with Crippen LogP contribution < -0.4 is 0 Å². The third kappa shape index (κ3) is 3.17. The molecule has 0 aromatic rings. The largest absolute Gasteiger partial charge is 0.480 e.